The molecule has 0 bridgehead atoms. The van der Waals surface area contributed by atoms with Gasteiger partial charge in [-0.2, -0.15) is 17.5 Å². The maximum atomic E-state index is 12.8. The molecule has 7 heteroatoms. The zero-order valence-electron chi connectivity index (χ0n) is 10.5. The SMILES string of the molecule is CC(C)(C)S1=NC(C(F)(F)F)=Nc2ccc(Cl)cc21. The molecule has 104 valence electrons. The predicted molar refractivity (Wildman–Crippen MR) is 72.4 cm³/mol. The van der Waals surface area contributed by atoms with Crippen LogP contribution in [0.4, 0.5) is 18.9 Å². The Balaban J connectivity index is 2.69. The molecular weight excluding hydrogens is 297 g/mol. The Morgan fingerprint density at radius 3 is 2.32 bits per heavy atom. The Morgan fingerprint density at radius 2 is 1.79 bits per heavy atom. The van der Waals surface area contributed by atoms with E-state index in [0.29, 0.717) is 15.6 Å². The molecule has 1 aliphatic rings. The van der Waals surface area contributed by atoms with Gasteiger partial charge in [0.05, 0.1) is 5.69 Å². The topological polar surface area (TPSA) is 24.7 Å². The molecule has 0 N–H and O–H groups in total. The smallest absolute Gasteiger partial charge is 0.223 e. The molecule has 0 aromatic heterocycles. The summed E-state index contributed by atoms with van der Waals surface area (Å²) in [6.07, 6.45) is -4.53. The van der Waals surface area contributed by atoms with E-state index in [1.165, 1.54) is 12.1 Å². The molecule has 0 saturated carbocycles. The molecule has 0 saturated heterocycles. The van der Waals surface area contributed by atoms with Gasteiger partial charge in [-0.25, -0.2) is 4.99 Å². The molecule has 1 heterocycles. The van der Waals surface area contributed by atoms with Crippen LogP contribution < -0.4 is 0 Å². The Bertz CT molecular complexity index is 586. The van der Waals surface area contributed by atoms with E-state index in [1.807, 2.05) is 20.8 Å². The number of amidine groups is 1. The van der Waals surface area contributed by atoms with Gasteiger partial charge in [0.25, 0.3) is 0 Å². The van der Waals surface area contributed by atoms with E-state index >= 15 is 0 Å². The number of aliphatic imine (C=N–C) groups is 1. The third kappa shape index (κ3) is 3.00. The largest absolute Gasteiger partial charge is 0.452 e. The van der Waals surface area contributed by atoms with Gasteiger partial charge < -0.3 is 0 Å². The number of nitrogens with zero attached hydrogens (tertiary/aromatic N) is 2. The lowest BCUT2D eigenvalue weighted by atomic mass is 10.3. The summed E-state index contributed by atoms with van der Waals surface area (Å²) in [5.41, 5.74) is 0.296. The van der Waals surface area contributed by atoms with Gasteiger partial charge in [-0.15, -0.1) is 0 Å². The van der Waals surface area contributed by atoms with Crippen molar-refractivity contribution in [2.75, 3.05) is 0 Å². The van der Waals surface area contributed by atoms with Crippen molar-refractivity contribution in [3.8, 4) is 0 Å². The third-order valence-corrected chi connectivity index (χ3v) is 4.86. The third-order valence-electron chi connectivity index (χ3n) is 2.37. The quantitative estimate of drug-likeness (QED) is 0.651. The van der Waals surface area contributed by atoms with Gasteiger partial charge in [0.1, 0.15) is 0 Å². The van der Waals surface area contributed by atoms with Crippen LogP contribution in [-0.2, 0) is 10.7 Å². The van der Waals surface area contributed by atoms with Crippen molar-refractivity contribution >= 4 is 33.8 Å². The van der Waals surface area contributed by atoms with Crippen LogP contribution in [0.2, 0.25) is 5.02 Å². The summed E-state index contributed by atoms with van der Waals surface area (Å²) in [5, 5.41) is 0.473. The lowest BCUT2D eigenvalue weighted by Gasteiger charge is -2.27. The lowest BCUT2D eigenvalue weighted by molar-refractivity contribution is -0.0595. The van der Waals surface area contributed by atoms with Gasteiger partial charge in [0, 0.05) is 14.7 Å². The highest BCUT2D eigenvalue weighted by Gasteiger charge is 2.39. The molecular formula is C12H12ClF3N2S. The first kappa shape index (κ1) is 14.5. The summed E-state index contributed by atoms with van der Waals surface area (Å²) in [6.45, 7) is 5.55. The van der Waals surface area contributed by atoms with Gasteiger partial charge in [-0.3, -0.25) is 0 Å². The molecule has 1 unspecified atom stereocenters. The molecule has 1 aliphatic heterocycles. The molecule has 1 aromatic rings. The Morgan fingerprint density at radius 1 is 1.16 bits per heavy atom. The van der Waals surface area contributed by atoms with Gasteiger partial charge in [-0.1, -0.05) is 22.3 Å². The molecule has 0 fully saturated rings. The summed E-state index contributed by atoms with van der Waals surface area (Å²) in [6, 6.07) is 4.68. The van der Waals surface area contributed by atoms with Crippen molar-refractivity contribution in [1.82, 2.24) is 0 Å². The van der Waals surface area contributed by atoms with Gasteiger partial charge in [0.2, 0.25) is 5.84 Å². The average molecular weight is 309 g/mol. The number of benzene rings is 1. The summed E-state index contributed by atoms with van der Waals surface area (Å²) in [4.78, 5) is 4.25. The van der Waals surface area contributed by atoms with E-state index in [-0.39, 0.29) is 0 Å². The van der Waals surface area contributed by atoms with Gasteiger partial charge in [0.15, 0.2) is 0 Å². The Labute approximate surface area is 116 Å². The molecule has 0 spiro atoms. The van der Waals surface area contributed by atoms with Crippen molar-refractivity contribution in [3.63, 3.8) is 0 Å². The number of fused-ring (bicyclic) bond motifs is 1. The number of alkyl halides is 3. The van der Waals surface area contributed by atoms with Crippen LogP contribution in [0.3, 0.4) is 0 Å². The monoisotopic (exact) mass is 308 g/mol. The van der Waals surface area contributed by atoms with Gasteiger partial charge in [-0.05, 0) is 39.0 Å². The second kappa shape index (κ2) is 4.59. The predicted octanol–water partition coefficient (Wildman–Crippen LogP) is 4.91. The van der Waals surface area contributed by atoms with E-state index in [9.17, 15) is 13.2 Å². The highest BCUT2D eigenvalue weighted by molar-refractivity contribution is 7.89. The number of hydrogen-bond donors (Lipinski definition) is 0. The number of halogens is 4. The molecule has 1 atom stereocenters. The zero-order chi connectivity index (χ0) is 14.4. The van der Waals surface area contributed by atoms with Crippen LogP contribution in [0.15, 0.2) is 32.4 Å². The van der Waals surface area contributed by atoms with Crippen LogP contribution in [0, 0.1) is 0 Å². The summed E-state index contributed by atoms with van der Waals surface area (Å²) in [5.74, 6) is -1.07. The standard InChI is InChI=1S/C12H12ClF3N2S/c1-11(2,3)19-9-6-7(13)4-5-8(9)17-10(18-19)12(14,15)16/h4-6H,1-3H3. The minimum Gasteiger partial charge on any atom is -0.223 e. The number of rotatable bonds is 0. The highest BCUT2D eigenvalue weighted by atomic mass is 35.5. The molecule has 0 aliphatic carbocycles. The fraction of sp³-hybridized carbons (Fsp3) is 0.417. The van der Waals surface area contributed by atoms with Crippen molar-refractivity contribution in [2.45, 2.75) is 36.6 Å². The van der Waals surface area contributed by atoms with E-state index < -0.39 is 27.5 Å². The average Bonchev–Trinajstić information content (AvgIpc) is 2.24. The lowest BCUT2D eigenvalue weighted by Crippen LogP contribution is -2.29. The summed E-state index contributed by atoms with van der Waals surface area (Å²) < 4.78 is 41.9. The normalized spacial score (nSPS) is 19.5. The number of hydrogen-bond acceptors (Lipinski definition) is 2. The van der Waals surface area contributed by atoms with Crippen molar-refractivity contribution < 1.29 is 13.2 Å². The first-order chi connectivity index (χ1) is 8.59. The zero-order valence-corrected chi connectivity index (χ0v) is 12.1. The molecule has 19 heavy (non-hydrogen) atoms. The maximum Gasteiger partial charge on any atom is 0.452 e. The Kier molecular flexibility index (Phi) is 3.51. The van der Waals surface area contributed by atoms with E-state index in [0.717, 1.165) is 0 Å². The molecule has 0 radical (unpaired) electrons. The van der Waals surface area contributed by atoms with Crippen LogP contribution in [0.1, 0.15) is 20.8 Å². The fourth-order valence-corrected chi connectivity index (χ4v) is 3.72. The Hall–Kier alpha value is -0.880. The fourth-order valence-electron chi connectivity index (χ4n) is 1.59. The first-order valence-corrected chi connectivity index (χ1v) is 7.07. The summed E-state index contributed by atoms with van der Waals surface area (Å²) >= 11 is 5.91. The minimum absolute atomic E-state index is 0.296. The molecule has 2 rings (SSSR count). The van der Waals surface area contributed by atoms with Crippen molar-refractivity contribution in [1.29, 1.82) is 0 Å². The van der Waals surface area contributed by atoms with Crippen LogP contribution in [0.5, 0.6) is 0 Å². The van der Waals surface area contributed by atoms with Crippen molar-refractivity contribution in [2.24, 2.45) is 9.36 Å². The van der Waals surface area contributed by atoms with Gasteiger partial charge >= 0.3 is 6.18 Å². The molecule has 1 aromatic carbocycles. The molecule has 2 nitrogen and oxygen atoms in total. The highest BCUT2D eigenvalue weighted by Crippen LogP contribution is 2.38. The van der Waals surface area contributed by atoms with E-state index in [4.69, 9.17) is 11.6 Å². The maximum absolute atomic E-state index is 12.8. The first-order valence-electron chi connectivity index (χ1n) is 5.51. The van der Waals surface area contributed by atoms with Crippen LogP contribution in [0.25, 0.3) is 0 Å². The molecule has 0 amide bonds. The second-order valence-electron chi connectivity index (χ2n) is 5.03. The summed E-state index contributed by atoms with van der Waals surface area (Å²) in [7, 11) is -0.934. The van der Waals surface area contributed by atoms with Crippen molar-refractivity contribution in [3.05, 3.63) is 23.2 Å². The van der Waals surface area contributed by atoms with E-state index in [1.54, 1.807) is 6.07 Å². The van der Waals surface area contributed by atoms with E-state index in [2.05, 4.69) is 9.36 Å². The second-order valence-corrected chi connectivity index (χ2v) is 7.89. The van der Waals surface area contributed by atoms with Crippen LogP contribution >= 0.6 is 11.6 Å². The minimum atomic E-state index is -4.53. The van der Waals surface area contributed by atoms with Crippen LogP contribution in [-0.4, -0.2) is 16.8 Å².